The van der Waals surface area contributed by atoms with Gasteiger partial charge in [-0.2, -0.15) is 5.10 Å². The van der Waals surface area contributed by atoms with E-state index in [0.29, 0.717) is 11.1 Å². The molecule has 0 atom stereocenters. The molecule has 0 bridgehead atoms. The third-order valence-electron chi connectivity index (χ3n) is 4.21. The fraction of sp³-hybridized carbons (Fsp3) is 0.0455. The monoisotopic (exact) mass is 404 g/mol. The molecule has 0 saturated carbocycles. The van der Waals surface area contributed by atoms with Gasteiger partial charge in [0.25, 0.3) is 5.91 Å². The summed E-state index contributed by atoms with van der Waals surface area (Å²) in [7, 11) is 0. The van der Waals surface area contributed by atoms with E-state index in [1.165, 1.54) is 18.3 Å². The molecule has 144 valence electrons. The van der Waals surface area contributed by atoms with Gasteiger partial charge >= 0.3 is 0 Å². The minimum Gasteiger partial charge on any atom is -0.333 e. The van der Waals surface area contributed by atoms with Crippen LogP contribution in [0.4, 0.5) is 4.39 Å². The molecule has 7 heteroatoms. The normalized spacial score (nSPS) is 11.2. The van der Waals surface area contributed by atoms with Crippen LogP contribution in [0.1, 0.15) is 21.5 Å². The number of halogens is 1. The smallest absolute Gasteiger partial charge is 0.271 e. The maximum atomic E-state index is 12.9. The van der Waals surface area contributed by atoms with E-state index in [1.807, 2.05) is 36.4 Å². The van der Waals surface area contributed by atoms with E-state index >= 15 is 0 Å². The topological polar surface area (TPSA) is 70.1 Å². The van der Waals surface area contributed by atoms with E-state index in [-0.39, 0.29) is 11.7 Å². The molecule has 0 saturated heterocycles. The Balaban J connectivity index is 1.32. The van der Waals surface area contributed by atoms with Crippen LogP contribution in [0.25, 0.3) is 11.0 Å². The Kier molecular flexibility index (Phi) is 5.67. The number of fused-ring (bicyclic) bond motifs is 1. The molecule has 2 N–H and O–H groups in total. The summed E-state index contributed by atoms with van der Waals surface area (Å²) in [6, 6.07) is 21.1. The van der Waals surface area contributed by atoms with Gasteiger partial charge < -0.3 is 4.98 Å². The molecule has 3 aromatic carbocycles. The maximum absolute atomic E-state index is 12.9. The zero-order chi connectivity index (χ0) is 20.1. The molecule has 0 aliphatic rings. The number of imidazole rings is 1. The highest BCUT2D eigenvalue weighted by atomic mass is 32.2. The van der Waals surface area contributed by atoms with Crippen molar-refractivity contribution < 1.29 is 9.18 Å². The summed E-state index contributed by atoms with van der Waals surface area (Å²) in [6.07, 6.45) is 1.47. The summed E-state index contributed by atoms with van der Waals surface area (Å²) in [4.78, 5) is 20.0. The van der Waals surface area contributed by atoms with Crippen LogP contribution in [-0.4, -0.2) is 22.1 Å². The lowest BCUT2D eigenvalue weighted by atomic mass is 10.1. The molecule has 4 rings (SSSR count). The Hall–Kier alpha value is -3.45. The Bertz CT molecular complexity index is 1120. The first-order valence-electron chi connectivity index (χ1n) is 8.93. The van der Waals surface area contributed by atoms with E-state index in [2.05, 4.69) is 20.5 Å². The number of rotatable bonds is 6. The molecule has 0 unspecified atom stereocenters. The van der Waals surface area contributed by atoms with Crippen LogP contribution in [0, 0.1) is 5.82 Å². The molecule has 0 aliphatic heterocycles. The molecule has 4 aromatic rings. The number of hydrazone groups is 1. The lowest BCUT2D eigenvalue weighted by molar-refractivity contribution is 0.0955. The van der Waals surface area contributed by atoms with E-state index in [4.69, 9.17) is 0 Å². The van der Waals surface area contributed by atoms with Crippen LogP contribution in [0.15, 0.2) is 83.1 Å². The van der Waals surface area contributed by atoms with Gasteiger partial charge in [-0.05, 0) is 47.5 Å². The number of carbonyl (C=O) groups is 1. The average Bonchev–Trinajstić information content (AvgIpc) is 3.17. The minimum absolute atomic E-state index is 0.306. The fourth-order valence-corrected chi connectivity index (χ4v) is 3.52. The van der Waals surface area contributed by atoms with Crippen LogP contribution in [0.3, 0.4) is 0 Å². The van der Waals surface area contributed by atoms with Gasteiger partial charge in [0.15, 0.2) is 5.16 Å². The van der Waals surface area contributed by atoms with E-state index in [0.717, 1.165) is 27.5 Å². The van der Waals surface area contributed by atoms with Gasteiger partial charge in [-0.3, -0.25) is 4.79 Å². The second-order valence-corrected chi connectivity index (χ2v) is 7.26. The number of hydrogen-bond donors (Lipinski definition) is 2. The highest BCUT2D eigenvalue weighted by molar-refractivity contribution is 7.98. The van der Waals surface area contributed by atoms with Crippen LogP contribution in [-0.2, 0) is 5.75 Å². The molecule has 0 spiro atoms. The predicted molar refractivity (Wildman–Crippen MR) is 114 cm³/mol. The standard InChI is InChI=1S/C22H17FN4OS/c23-18-11-7-15(8-12-18)13-24-27-21(28)17-9-5-16(6-10-17)14-29-22-25-19-3-1-2-4-20(19)26-22/h1-13H,14H2,(H,25,26)(H,27,28)/b24-13+. The number of thioether (sulfide) groups is 1. The van der Waals surface area contributed by atoms with Crippen LogP contribution in [0.2, 0.25) is 0 Å². The van der Waals surface area contributed by atoms with Gasteiger partial charge in [-0.1, -0.05) is 48.2 Å². The highest BCUT2D eigenvalue weighted by Gasteiger charge is 2.06. The molecule has 29 heavy (non-hydrogen) atoms. The highest BCUT2D eigenvalue weighted by Crippen LogP contribution is 2.23. The summed E-state index contributed by atoms with van der Waals surface area (Å²) in [5.74, 6) is 0.120. The summed E-state index contributed by atoms with van der Waals surface area (Å²) >= 11 is 1.61. The quantitative estimate of drug-likeness (QED) is 0.277. The summed E-state index contributed by atoms with van der Waals surface area (Å²) in [5.41, 5.74) is 6.73. The fourth-order valence-electron chi connectivity index (χ4n) is 2.68. The number of benzene rings is 3. The maximum Gasteiger partial charge on any atom is 0.271 e. The van der Waals surface area contributed by atoms with E-state index in [1.54, 1.807) is 36.0 Å². The number of nitrogens with zero attached hydrogens (tertiary/aromatic N) is 2. The second kappa shape index (κ2) is 8.70. The van der Waals surface area contributed by atoms with Crippen LogP contribution >= 0.6 is 11.8 Å². The van der Waals surface area contributed by atoms with Crippen molar-refractivity contribution in [2.45, 2.75) is 10.9 Å². The predicted octanol–water partition coefficient (Wildman–Crippen LogP) is 4.76. The number of H-pyrrole nitrogens is 1. The van der Waals surface area contributed by atoms with Crippen LogP contribution < -0.4 is 5.43 Å². The van der Waals surface area contributed by atoms with Crippen molar-refractivity contribution in [3.05, 3.63) is 95.3 Å². The van der Waals surface area contributed by atoms with E-state index in [9.17, 15) is 9.18 Å². The Morgan fingerprint density at radius 3 is 2.59 bits per heavy atom. The second-order valence-electron chi connectivity index (χ2n) is 6.30. The molecular weight excluding hydrogens is 387 g/mol. The first-order chi connectivity index (χ1) is 14.2. The molecule has 1 amide bonds. The van der Waals surface area contributed by atoms with E-state index < -0.39 is 0 Å². The number of hydrogen-bond acceptors (Lipinski definition) is 4. The molecule has 5 nitrogen and oxygen atoms in total. The molecule has 1 heterocycles. The minimum atomic E-state index is -0.315. The van der Waals surface area contributed by atoms with Crippen LogP contribution in [0.5, 0.6) is 0 Å². The van der Waals surface area contributed by atoms with Gasteiger partial charge in [0.1, 0.15) is 5.82 Å². The molecule has 0 aliphatic carbocycles. The van der Waals surface area contributed by atoms with Gasteiger partial charge in [-0.25, -0.2) is 14.8 Å². The molecular formula is C22H17FN4OS. The number of aromatic nitrogens is 2. The van der Waals surface area contributed by atoms with Crippen molar-refractivity contribution in [1.29, 1.82) is 0 Å². The summed E-state index contributed by atoms with van der Waals surface area (Å²) in [6.45, 7) is 0. The summed E-state index contributed by atoms with van der Waals surface area (Å²) in [5, 5.41) is 4.77. The van der Waals surface area contributed by atoms with Crippen molar-refractivity contribution in [3.63, 3.8) is 0 Å². The first-order valence-corrected chi connectivity index (χ1v) is 9.91. The third-order valence-corrected chi connectivity index (χ3v) is 5.15. The first kappa shape index (κ1) is 18.9. The lowest BCUT2D eigenvalue weighted by Crippen LogP contribution is -2.17. The lowest BCUT2D eigenvalue weighted by Gasteiger charge is -2.03. The molecule has 1 aromatic heterocycles. The largest absolute Gasteiger partial charge is 0.333 e. The summed E-state index contributed by atoms with van der Waals surface area (Å²) < 4.78 is 12.9. The third kappa shape index (κ3) is 4.89. The molecule has 0 radical (unpaired) electrons. The van der Waals surface area contributed by atoms with Gasteiger partial charge in [0, 0.05) is 11.3 Å². The van der Waals surface area contributed by atoms with Crippen molar-refractivity contribution in [2.24, 2.45) is 5.10 Å². The van der Waals surface area contributed by atoms with Crippen molar-refractivity contribution in [3.8, 4) is 0 Å². The number of amides is 1. The zero-order valence-electron chi connectivity index (χ0n) is 15.3. The average molecular weight is 404 g/mol. The Labute approximate surface area is 171 Å². The number of nitrogens with one attached hydrogen (secondary N) is 2. The van der Waals surface area contributed by atoms with Gasteiger partial charge in [0.2, 0.25) is 0 Å². The van der Waals surface area contributed by atoms with Gasteiger partial charge in [-0.15, -0.1) is 0 Å². The molecule has 0 fully saturated rings. The van der Waals surface area contributed by atoms with Crippen molar-refractivity contribution in [1.82, 2.24) is 15.4 Å². The van der Waals surface area contributed by atoms with Gasteiger partial charge in [0.05, 0.1) is 17.2 Å². The number of aromatic amines is 1. The van der Waals surface area contributed by atoms with Crippen molar-refractivity contribution >= 4 is 34.9 Å². The number of para-hydroxylation sites is 2. The number of carbonyl (C=O) groups excluding carboxylic acids is 1. The Morgan fingerprint density at radius 2 is 1.83 bits per heavy atom. The SMILES string of the molecule is O=C(N/N=C/c1ccc(F)cc1)c1ccc(CSc2nc3ccccc3[nH]2)cc1. The zero-order valence-corrected chi connectivity index (χ0v) is 16.1. The van der Waals surface area contributed by atoms with Crippen molar-refractivity contribution in [2.75, 3.05) is 0 Å². The Morgan fingerprint density at radius 1 is 1.07 bits per heavy atom.